The minimum atomic E-state index is -0.356. The van der Waals surface area contributed by atoms with Crippen molar-refractivity contribution in [2.75, 3.05) is 17.6 Å². The van der Waals surface area contributed by atoms with Crippen LogP contribution in [0.1, 0.15) is 22.5 Å². The summed E-state index contributed by atoms with van der Waals surface area (Å²) in [5.74, 6) is -0.00511. The van der Waals surface area contributed by atoms with Gasteiger partial charge in [-0.1, -0.05) is 30.3 Å². The lowest BCUT2D eigenvalue weighted by Gasteiger charge is -2.16. The molecule has 0 unspecified atom stereocenters. The van der Waals surface area contributed by atoms with Gasteiger partial charge in [-0.25, -0.2) is 9.98 Å². The van der Waals surface area contributed by atoms with E-state index in [0.29, 0.717) is 40.7 Å². The lowest BCUT2D eigenvalue weighted by molar-refractivity contribution is -0.117. The van der Waals surface area contributed by atoms with Gasteiger partial charge in [0.2, 0.25) is 5.91 Å². The third-order valence-corrected chi connectivity index (χ3v) is 4.91. The van der Waals surface area contributed by atoms with Crippen LogP contribution in [-0.2, 0) is 17.6 Å². The highest BCUT2D eigenvalue weighted by atomic mass is 16.1. The van der Waals surface area contributed by atoms with Crippen molar-refractivity contribution in [1.82, 2.24) is 9.55 Å². The maximum absolute atomic E-state index is 13.1. The molecule has 0 radical (unpaired) electrons. The summed E-state index contributed by atoms with van der Waals surface area (Å²) in [6, 6.07) is 15.4. The van der Waals surface area contributed by atoms with Crippen LogP contribution >= 0.6 is 0 Å². The Morgan fingerprint density at radius 1 is 1.20 bits per heavy atom. The van der Waals surface area contributed by atoms with Crippen LogP contribution in [0.3, 0.4) is 0 Å². The Morgan fingerprint density at radius 3 is 2.63 bits per heavy atom. The molecular weight excluding hydrogens is 378 g/mol. The zero-order valence-corrected chi connectivity index (χ0v) is 17.2. The van der Waals surface area contributed by atoms with Crippen LogP contribution in [0.15, 0.2) is 58.3 Å². The molecule has 7 nitrogen and oxygen atoms in total. The Labute approximate surface area is 175 Å². The van der Waals surface area contributed by atoms with Crippen LogP contribution in [0, 0.1) is 13.8 Å². The summed E-state index contributed by atoms with van der Waals surface area (Å²) in [7, 11) is 0. The van der Waals surface area contributed by atoms with E-state index in [1.807, 2.05) is 31.2 Å². The molecule has 1 aromatic carbocycles. The summed E-state index contributed by atoms with van der Waals surface area (Å²) in [5.41, 5.74) is 9.96. The van der Waals surface area contributed by atoms with Gasteiger partial charge in [0.25, 0.3) is 5.56 Å². The fourth-order valence-electron chi connectivity index (χ4n) is 3.24. The number of nitrogen functional groups attached to an aromatic ring is 1. The van der Waals surface area contributed by atoms with Crippen molar-refractivity contribution in [2.24, 2.45) is 4.99 Å². The third kappa shape index (κ3) is 4.63. The average Bonchev–Trinajstić information content (AvgIpc) is 2.73. The zero-order valence-electron chi connectivity index (χ0n) is 17.2. The first-order valence-corrected chi connectivity index (χ1v) is 9.67. The predicted octanol–water partition coefficient (Wildman–Crippen LogP) is 2.86. The summed E-state index contributed by atoms with van der Waals surface area (Å²) < 4.78 is 1.49. The van der Waals surface area contributed by atoms with E-state index >= 15 is 0 Å². The molecule has 0 bridgehead atoms. The number of hydrogen-bond donors (Lipinski definition) is 2. The van der Waals surface area contributed by atoms with E-state index < -0.39 is 0 Å². The number of nitrogens with two attached hydrogens (primary N) is 1. The van der Waals surface area contributed by atoms with Gasteiger partial charge >= 0.3 is 0 Å². The number of nitrogens with one attached hydrogen (secondary N) is 1. The number of benzene rings is 1. The lowest BCUT2D eigenvalue weighted by atomic mass is 10.1. The molecule has 0 fully saturated rings. The second kappa shape index (κ2) is 9.17. The van der Waals surface area contributed by atoms with Gasteiger partial charge in [-0.3, -0.25) is 14.2 Å². The number of aromatic nitrogens is 2. The fourth-order valence-corrected chi connectivity index (χ4v) is 3.24. The molecule has 154 valence electrons. The second-order valence-corrected chi connectivity index (χ2v) is 7.07. The van der Waals surface area contributed by atoms with Crippen molar-refractivity contribution in [1.29, 1.82) is 0 Å². The third-order valence-electron chi connectivity index (χ3n) is 4.91. The number of rotatable bonds is 7. The standard InChI is InChI=1S/C23H25N5O2/c1-15-9-10-20(26-12-11-17-7-5-4-6-8-17)23(30)28(15)22-19(24)13-18(16(2)27-22)14-21(29)25-3/h4-10,13,26H,3,11-12,14,24H2,1-2H3. The van der Waals surface area contributed by atoms with E-state index in [0.717, 1.165) is 6.42 Å². The molecule has 3 N–H and O–H groups in total. The van der Waals surface area contributed by atoms with Crippen molar-refractivity contribution in [3.63, 3.8) is 0 Å². The van der Waals surface area contributed by atoms with E-state index in [9.17, 15) is 9.59 Å². The van der Waals surface area contributed by atoms with Crippen LogP contribution in [0.25, 0.3) is 5.82 Å². The second-order valence-electron chi connectivity index (χ2n) is 7.07. The van der Waals surface area contributed by atoms with Gasteiger partial charge in [-0.15, -0.1) is 0 Å². The van der Waals surface area contributed by atoms with E-state index in [-0.39, 0.29) is 17.9 Å². The highest BCUT2D eigenvalue weighted by Crippen LogP contribution is 2.20. The molecule has 0 aliphatic rings. The SMILES string of the molecule is C=NC(=O)Cc1cc(N)c(-n2c(C)ccc(NCCc3ccccc3)c2=O)nc1C. The number of carbonyl (C=O) groups excluding carboxylic acids is 1. The molecule has 3 aromatic rings. The molecule has 0 saturated heterocycles. The molecular formula is C23H25N5O2. The predicted molar refractivity (Wildman–Crippen MR) is 121 cm³/mol. The molecule has 0 aliphatic heterocycles. The van der Waals surface area contributed by atoms with E-state index in [1.54, 1.807) is 19.1 Å². The van der Waals surface area contributed by atoms with Gasteiger partial charge in [0.15, 0.2) is 5.82 Å². The summed E-state index contributed by atoms with van der Waals surface area (Å²) in [4.78, 5) is 32.6. The number of aryl methyl sites for hydroxylation is 2. The summed E-state index contributed by atoms with van der Waals surface area (Å²) >= 11 is 0. The lowest BCUT2D eigenvalue weighted by Crippen LogP contribution is -2.26. The van der Waals surface area contributed by atoms with Gasteiger partial charge in [0.1, 0.15) is 5.69 Å². The molecule has 30 heavy (non-hydrogen) atoms. The molecule has 0 saturated carbocycles. The Hall–Kier alpha value is -3.74. The highest BCUT2D eigenvalue weighted by molar-refractivity contribution is 5.83. The Kier molecular flexibility index (Phi) is 6.41. The first kappa shape index (κ1) is 21.0. The van der Waals surface area contributed by atoms with Crippen LogP contribution in [0.2, 0.25) is 0 Å². The number of aliphatic imine (C=N–C) groups is 1. The largest absolute Gasteiger partial charge is 0.396 e. The van der Waals surface area contributed by atoms with E-state index in [4.69, 9.17) is 5.73 Å². The number of nitrogens with zero attached hydrogens (tertiary/aromatic N) is 3. The van der Waals surface area contributed by atoms with Crippen molar-refractivity contribution in [2.45, 2.75) is 26.7 Å². The summed E-state index contributed by atoms with van der Waals surface area (Å²) in [6.45, 7) is 7.47. The van der Waals surface area contributed by atoms with Gasteiger partial charge in [0, 0.05) is 17.9 Å². The van der Waals surface area contributed by atoms with Crippen LogP contribution < -0.4 is 16.6 Å². The number of anilines is 2. The smallest absolute Gasteiger partial charge is 0.279 e. The van der Waals surface area contributed by atoms with Crippen molar-refractivity contribution >= 4 is 24.0 Å². The molecule has 3 rings (SSSR count). The molecule has 0 atom stereocenters. The van der Waals surface area contributed by atoms with Gasteiger partial charge in [-0.2, -0.15) is 0 Å². The first-order chi connectivity index (χ1) is 14.4. The Bertz CT molecular complexity index is 1140. The minimum Gasteiger partial charge on any atom is -0.396 e. The molecule has 0 aliphatic carbocycles. The number of hydrogen-bond acceptors (Lipinski definition) is 5. The first-order valence-electron chi connectivity index (χ1n) is 9.67. The molecule has 0 spiro atoms. The van der Waals surface area contributed by atoms with Crippen molar-refractivity contribution < 1.29 is 4.79 Å². The van der Waals surface area contributed by atoms with Gasteiger partial charge < -0.3 is 11.1 Å². The van der Waals surface area contributed by atoms with Crippen LogP contribution in [0.4, 0.5) is 11.4 Å². The Balaban J connectivity index is 1.89. The van der Waals surface area contributed by atoms with Gasteiger partial charge in [-0.05, 0) is 56.3 Å². The number of carbonyl (C=O) groups is 1. The highest BCUT2D eigenvalue weighted by Gasteiger charge is 2.15. The number of amides is 1. The van der Waals surface area contributed by atoms with Crippen LogP contribution in [-0.4, -0.2) is 28.7 Å². The summed E-state index contributed by atoms with van der Waals surface area (Å²) in [5, 5.41) is 3.21. The molecule has 7 heteroatoms. The van der Waals surface area contributed by atoms with E-state index in [2.05, 4.69) is 34.1 Å². The molecule has 2 aromatic heterocycles. The summed E-state index contributed by atoms with van der Waals surface area (Å²) in [6.07, 6.45) is 0.871. The van der Waals surface area contributed by atoms with Crippen LogP contribution in [0.5, 0.6) is 0 Å². The Morgan fingerprint density at radius 2 is 1.93 bits per heavy atom. The monoisotopic (exact) mass is 403 g/mol. The number of pyridine rings is 2. The van der Waals surface area contributed by atoms with Crippen molar-refractivity contribution in [3.8, 4) is 5.82 Å². The van der Waals surface area contributed by atoms with E-state index in [1.165, 1.54) is 10.1 Å². The zero-order chi connectivity index (χ0) is 21.7. The average molecular weight is 403 g/mol. The fraction of sp³-hybridized carbons (Fsp3) is 0.217. The van der Waals surface area contributed by atoms with Crippen molar-refractivity contribution in [3.05, 3.63) is 81.4 Å². The maximum atomic E-state index is 13.1. The van der Waals surface area contributed by atoms with Gasteiger partial charge in [0.05, 0.1) is 12.1 Å². The normalized spacial score (nSPS) is 10.6. The minimum absolute atomic E-state index is 0.0712. The molecule has 1 amide bonds. The quantitative estimate of drug-likeness (QED) is 0.591. The maximum Gasteiger partial charge on any atom is 0.279 e. The topological polar surface area (TPSA) is 102 Å². The molecule has 2 heterocycles.